The first-order valence-corrected chi connectivity index (χ1v) is 7.41. The lowest BCUT2D eigenvalue weighted by Gasteiger charge is -2.33. The second kappa shape index (κ2) is 6.25. The zero-order valence-corrected chi connectivity index (χ0v) is 12.7. The standard InChI is InChI=1S/C16H25N3O/c1-16(2,3)15(20)18-12-13-7-10-19(11-8-13)14-6-4-5-9-17-14/h4-6,9,13H,7-8,10-12H2,1-3H3,(H,18,20). The van der Waals surface area contributed by atoms with E-state index in [1.54, 1.807) is 0 Å². The summed E-state index contributed by atoms with van der Waals surface area (Å²) < 4.78 is 0. The summed E-state index contributed by atoms with van der Waals surface area (Å²) in [6.45, 7) is 8.69. The Bertz CT molecular complexity index is 431. The van der Waals surface area contributed by atoms with E-state index in [1.165, 1.54) is 0 Å². The van der Waals surface area contributed by atoms with Gasteiger partial charge in [0.25, 0.3) is 0 Å². The van der Waals surface area contributed by atoms with Gasteiger partial charge in [-0.1, -0.05) is 26.8 Å². The van der Waals surface area contributed by atoms with Gasteiger partial charge in [-0.25, -0.2) is 4.98 Å². The smallest absolute Gasteiger partial charge is 0.225 e. The Morgan fingerprint density at radius 3 is 2.60 bits per heavy atom. The Morgan fingerprint density at radius 1 is 1.35 bits per heavy atom. The van der Waals surface area contributed by atoms with Gasteiger partial charge in [-0.2, -0.15) is 0 Å². The molecule has 0 unspecified atom stereocenters. The predicted octanol–water partition coefficient (Wildman–Crippen LogP) is 2.46. The van der Waals surface area contributed by atoms with Crippen LogP contribution in [0.3, 0.4) is 0 Å². The number of pyridine rings is 1. The van der Waals surface area contributed by atoms with Gasteiger partial charge >= 0.3 is 0 Å². The molecule has 2 rings (SSSR count). The summed E-state index contributed by atoms with van der Waals surface area (Å²) in [5, 5.41) is 3.07. The zero-order chi connectivity index (χ0) is 14.6. The summed E-state index contributed by atoms with van der Waals surface area (Å²) in [4.78, 5) is 18.6. The van der Waals surface area contributed by atoms with Crippen LogP contribution in [0.25, 0.3) is 0 Å². The molecule has 0 aromatic carbocycles. The monoisotopic (exact) mass is 275 g/mol. The van der Waals surface area contributed by atoms with Gasteiger partial charge < -0.3 is 10.2 Å². The Kier molecular flexibility index (Phi) is 4.63. The second-order valence-electron chi connectivity index (χ2n) is 6.58. The molecular weight excluding hydrogens is 250 g/mol. The van der Waals surface area contributed by atoms with Gasteiger partial charge in [0, 0.05) is 31.2 Å². The van der Waals surface area contributed by atoms with Crippen LogP contribution in [-0.2, 0) is 4.79 Å². The molecule has 1 fully saturated rings. The Labute approximate surface area is 121 Å². The first kappa shape index (κ1) is 14.8. The van der Waals surface area contributed by atoms with E-state index in [2.05, 4.69) is 21.3 Å². The summed E-state index contributed by atoms with van der Waals surface area (Å²) in [5.41, 5.74) is -0.297. The number of amides is 1. The lowest BCUT2D eigenvalue weighted by molar-refractivity contribution is -0.128. The van der Waals surface area contributed by atoms with Gasteiger partial charge in [0.2, 0.25) is 5.91 Å². The van der Waals surface area contributed by atoms with E-state index in [-0.39, 0.29) is 11.3 Å². The quantitative estimate of drug-likeness (QED) is 0.921. The normalized spacial score (nSPS) is 17.1. The number of nitrogens with zero attached hydrogens (tertiary/aromatic N) is 2. The average Bonchev–Trinajstić information content (AvgIpc) is 2.45. The fraction of sp³-hybridized carbons (Fsp3) is 0.625. The highest BCUT2D eigenvalue weighted by Gasteiger charge is 2.24. The van der Waals surface area contributed by atoms with Crippen LogP contribution in [-0.4, -0.2) is 30.5 Å². The highest BCUT2D eigenvalue weighted by Crippen LogP contribution is 2.21. The highest BCUT2D eigenvalue weighted by atomic mass is 16.2. The van der Waals surface area contributed by atoms with Gasteiger partial charge in [0.1, 0.15) is 5.82 Å². The van der Waals surface area contributed by atoms with Crippen molar-refractivity contribution in [2.45, 2.75) is 33.6 Å². The molecule has 4 nitrogen and oxygen atoms in total. The summed E-state index contributed by atoms with van der Waals surface area (Å²) in [5.74, 6) is 1.79. The lowest BCUT2D eigenvalue weighted by atomic mass is 9.93. The molecule has 0 atom stereocenters. The molecule has 0 saturated carbocycles. The first-order valence-electron chi connectivity index (χ1n) is 7.41. The van der Waals surface area contributed by atoms with Crippen LogP contribution in [0.2, 0.25) is 0 Å². The third kappa shape index (κ3) is 3.95. The van der Waals surface area contributed by atoms with E-state index in [0.29, 0.717) is 5.92 Å². The van der Waals surface area contributed by atoms with Crippen LogP contribution >= 0.6 is 0 Å². The molecule has 0 aliphatic carbocycles. The third-order valence-corrected chi connectivity index (χ3v) is 3.82. The van der Waals surface area contributed by atoms with Crippen molar-refractivity contribution in [2.24, 2.45) is 11.3 Å². The number of nitrogens with one attached hydrogen (secondary N) is 1. The van der Waals surface area contributed by atoms with Crippen LogP contribution in [0.1, 0.15) is 33.6 Å². The molecule has 2 heterocycles. The van der Waals surface area contributed by atoms with Crippen LogP contribution in [0.15, 0.2) is 24.4 Å². The van der Waals surface area contributed by atoms with Gasteiger partial charge in [-0.3, -0.25) is 4.79 Å². The molecule has 0 bridgehead atoms. The van der Waals surface area contributed by atoms with Gasteiger partial charge in [-0.05, 0) is 30.9 Å². The number of piperidine rings is 1. The SMILES string of the molecule is CC(C)(C)C(=O)NCC1CCN(c2ccccn2)CC1. The maximum Gasteiger partial charge on any atom is 0.225 e. The first-order chi connectivity index (χ1) is 9.47. The van der Waals surface area contributed by atoms with Crippen molar-refractivity contribution in [1.82, 2.24) is 10.3 Å². The second-order valence-corrected chi connectivity index (χ2v) is 6.58. The Hall–Kier alpha value is -1.58. The number of hydrogen-bond acceptors (Lipinski definition) is 3. The van der Waals surface area contributed by atoms with E-state index in [1.807, 2.05) is 39.1 Å². The highest BCUT2D eigenvalue weighted by molar-refractivity contribution is 5.81. The van der Waals surface area contributed by atoms with Crippen LogP contribution in [0.5, 0.6) is 0 Å². The fourth-order valence-electron chi connectivity index (χ4n) is 2.41. The zero-order valence-electron chi connectivity index (χ0n) is 12.7. The van der Waals surface area contributed by atoms with E-state index < -0.39 is 0 Å². The largest absolute Gasteiger partial charge is 0.357 e. The van der Waals surface area contributed by atoms with E-state index in [0.717, 1.165) is 38.3 Å². The van der Waals surface area contributed by atoms with Crippen LogP contribution < -0.4 is 10.2 Å². The Morgan fingerprint density at radius 2 is 2.05 bits per heavy atom. The molecule has 110 valence electrons. The van der Waals surface area contributed by atoms with Crippen molar-refractivity contribution in [3.8, 4) is 0 Å². The topological polar surface area (TPSA) is 45.2 Å². The van der Waals surface area contributed by atoms with Crippen molar-refractivity contribution in [2.75, 3.05) is 24.5 Å². The van der Waals surface area contributed by atoms with E-state index in [9.17, 15) is 4.79 Å². The van der Waals surface area contributed by atoms with Crippen molar-refractivity contribution >= 4 is 11.7 Å². The Balaban J connectivity index is 1.76. The molecular formula is C16H25N3O. The molecule has 1 aromatic rings. The number of carbonyl (C=O) groups is 1. The number of rotatable bonds is 3. The summed E-state index contributed by atoms with van der Waals surface area (Å²) >= 11 is 0. The summed E-state index contributed by atoms with van der Waals surface area (Å²) in [7, 11) is 0. The molecule has 4 heteroatoms. The minimum absolute atomic E-state index is 0.143. The molecule has 20 heavy (non-hydrogen) atoms. The van der Waals surface area contributed by atoms with Crippen molar-refractivity contribution in [1.29, 1.82) is 0 Å². The van der Waals surface area contributed by atoms with Crippen molar-refractivity contribution in [3.05, 3.63) is 24.4 Å². The molecule has 1 saturated heterocycles. The maximum atomic E-state index is 11.9. The van der Waals surface area contributed by atoms with Crippen LogP contribution in [0, 0.1) is 11.3 Å². The predicted molar refractivity (Wildman–Crippen MR) is 81.6 cm³/mol. The molecule has 0 spiro atoms. The summed E-state index contributed by atoms with van der Waals surface area (Å²) in [6, 6.07) is 6.03. The van der Waals surface area contributed by atoms with Crippen molar-refractivity contribution in [3.63, 3.8) is 0 Å². The van der Waals surface area contributed by atoms with Gasteiger partial charge in [-0.15, -0.1) is 0 Å². The van der Waals surface area contributed by atoms with E-state index in [4.69, 9.17) is 0 Å². The molecule has 1 aromatic heterocycles. The number of hydrogen-bond donors (Lipinski definition) is 1. The average molecular weight is 275 g/mol. The van der Waals surface area contributed by atoms with Gasteiger partial charge in [0.05, 0.1) is 0 Å². The molecule has 0 radical (unpaired) electrons. The van der Waals surface area contributed by atoms with Crippen molar-refractivity contribution < 1.29 is 4.79 Å². The van der Waals surface area contributed by atoms with Gasteiger partial charge in [0.15, 0.2) is 0 Å². The van der Waals surface area contributed by atoms with E-state index >= 15 is 0 Å². The molecule has 1 aliphatic rings. The number of carbonyl (C=O) groups excluding carboxylic acids is 1. The maximum absolute atomic E-state index is 11.9. The molecule has 1 N–H and O–H groups in total. The number of aromatic nitrogens is 1. The lowest BCUT2D eigenvalue weighted by Crippen LogP contribution is -2.41. The summed E-state index contributed by atoms with van der Waals surface area (Å²) in [6.07, 6.45) is 4.06. The fourth-order valence-corrected chi connectivity index (χ4v) is 2.41. The molecule has 1 aliphatic heterocycles. The minimum Gasteiger partial charge on any atom is -0.357 e. The third-order valence-electron chi connectivity index (χ3n) is 3.82. The minimum atomic E-state index is -0.297. The molecule has 1 amide bonds. The van der Waals surface area contributed by atoms with Crippen LogP contribution in [0.4, 0.5) is 5.82 Å². The number of anilines is 1.